The Kier molecular flexibility index (Phi) is 10.9. The van der Waals surface area contributed by atoms with E-state index in [4.69, 9.17) is 24.2 Å². The maximum Gasteiger partial charge on any atom is 0.407 e. The van der Waals surface area contributed by atoms with Gasteiger partial charge in [0.25, 0.3) is 0 Å². The number of H-pyrrole nitrogens is 2. The minimum absolute atomic E-state index is 0.000763. The van der Waals surface area contributed by atoms with Crippen molar-refractivity contribution in [3.05, 3.63) is 65.9 Å². The Morgan fingerprint density at radius 2 is 1.93 bits per heavy atom. The van der Waals surface area contributed by atoms with E-state index in [-0.39, 0.29) is 35.7 Å². The predicted octanol–water partition coefficient (Wildman–Crippen LogP) is 7.21. The van der Waals surface area contributed by atoms with Crippen LogP contribution in [0.2, 0.25) is 0 Å². The lowest BCUT2D eigenvalue weighted by atomic mass is 9.83. The van der Waals surface area contributed by atoms with Crippen molar-refractivity contribution in [3.8, 4) is 28.1 Å². The fourth-order valence-electron chi connectivity index (χ4n) is 9.48. The standard InChI is InChI=1S/C45H55N7O6/c1-8-25(4)37(21-53)52-20-27(22-56-6)15-36(52)42-46-19-35(47-42)29-9-11-31-30(16-29)23-58-38-18-32-28(17-33(31)38)10-12-34-40(32)49-43(48-34)45(14-13-26(5)51-45)41(54)39(24(2)3)50-44(55)57-7/h9-12,16-19,21,24-27,36-37,39,51H,8,13-15,20,22-23H2,1-7H3,(H,46,47)(H,48,49)(H,50,55)/t25-,26-,27-,36-,37?,39?,45?/m0/s1. The number of alkyl carbamates (subject to hydrolysis) is 1. The zero-order valence-corrected chi connectivity index (χ0v) is 34.5. The minimum atomic E-state index is -1.11. The van der Waals surface area contributed by atoms with E-state index < -0.39 is 17.7 Å². The first-order valence-corrected chi connectivity index (χ1v) is 20.6. The highest BCUT2D eigenvalue weighted by molar-refractivity contribution is 6.07. The van der Waals surface area contributed by atoms with Crippen molar-refractivity contribution in [3.63, 3.8) is 0 Å². The number of carbonyl (C=O) groups is 3. The molecule has 3 aliphatic heterocycles. The van der Waals surface area contributed by atoms with Gasteiger partial charge in [-0.1, -0.05) is 52.3 Å². The van der Waals surface area contributed by atoms with Gasteiger partial charge in [0.05, 0.1) is 54.8 Å². The first kappa shape index (κ1) is 39.7. The number of hydrogen-bond donors (Lipinski definition) is 4. The summed E-state index contributed by atoms with van der Waals surface area (Å²) >= 11 is 0. The molecule has 0 bridgehead atoms. The third-order valence-electron chi connectivity index (χ3n) is 12.8. The van der Waals surface area contributed by atoms with E-state index in [2.05, 4.69) is 82.7 Å². The number of ether oxygens (including phenoxy) is 3. The predicted molar refractivity (Wildman–Crippen MR) is 222 cm³/mol. The van der Waals surface area contributed by atoms with Crippen LogP contribution in [-0.4, -0.2) is 88.5 Å². The Morgan fingerprint density at radius 3 is 2.64 bits per heavy atom. The number of Topliss-reactive ketones (excluding diaryl/α,β-unsaturated/α-hetero) is 1. The van der Waals surface area contributed by atoms with Crippen molar-refractivity contribution in [1.29, 1.82) is 0 Å². The van der Waals surface area contributed by atoms with Gasteiger partial charge in [-0.15, -0.1) is 0 Å². The number of likely N-dealkylation sites (tertiary alicyclic amines) is 1. The molecule has 1 amide bonds. The Balaban J connectivity index is 1.10. The number of imidazole rings is 2. The maximum absolute atomic E-state index is 14.4. The molecule has 13 nitrogen and oxygen atoms in total. The molecule has 8 rings (SSSR count). The zero-order valence-electron chi connectivity index (χ0n) is 34.5. The van der Waals surface area contributed by atoms with Crippen LogP contribution in [-0.2, 0) is 31.2 Å². The molecule has 0 radical (unpaired) electrons. The quantitative estimate of drug-likeness (QED) is 0.0897. The van der Waals surface area contributed by atoms with Crippen LogP contribution in [0.4, 0.5) is 4.79 Å². The lowest BCUT2D eigenvalue weighted by Crippen LogP contribution is -2.57. The largest absolute Gasteiger partial charge is 0.488 e. The van der Waals surface area contributed by atoms with Gasteiger partial charge in [-0.3, -0.25) is 15.0 Å². The summed E-state index contributed by atoms with van der Waals surface area (Å²) in [4.78, 5) is 58.4. The molecule has 13 heteroatoms. The summed E-state index contributed by atoms with van der Waals surface area (Å²) in [6.45, 7) is 12.0. The fraction of sp³-hybridized carbons (Fsp3) is 0.489. The van der Waals surface area contributed by atoms with Crippen LogP contribution in [0.25, 0.3) is 44.2 Å². The maximum atomic E-state index is 14.4. The Labute approximate surface area is 339 Å². The molecule has 7 atom stereocenters. The topological polar surface area (TPSA) is 164 Å². The van der Waals surface area contributed by atoms with Crippen molar-refractivity contribution in [2.24, 2.45) is 17.8 Å². The Hall–Kier alpha value is -5.11. The fourth-order valence-corrected chi connectivity index (χ4v) is 9.48. The van der Waals surface area contributed by atoms with E-state index in [1.807, 2.05) is 26.1 Å². The molecule has 3 aromatic carbocycles. The molecular weight excluding hydrogens is 735 g/mol. The molecule has 58 heavy (non-hydrogen) atoms. The van der Waals surface area contributed by atoms with Gasteiger partial charge in [0.15, 0.2) is 5.78 Å². The van der Waals surface area contributed by atoms with Crippen LogP contribution in [0, 0.1) is 17.8 Å². The molecule has 0 aliphatic carbocycles. The van der Waals surface area contributed by atoms with E-state index in [0.717, 1.165) is 93.4 Å². The van der Waals surface area contributed by atoms with E-state index >= 15 is 0 Å². The number of aromatic amines is 2. The number of fused-ring (bicyclic) bond motifs is 6. The van der Waals surface area contributed by atoms with E-state index in [1.165, 1.54) is 7.11 Å². The lowest BCUT2D eigenvalue weighted by Gasteiger charge is -2.32. The minimum Gasteiger partial charge on any atom is -0.488 e. The van der Waals surface area contributed by atoms with E-state index in [1.54, 1.807) is 7.11 Å². The molecule has 306 valence electrons. The highest BCUT2D eigenvalue weighted by Crippen LogP contribution is 2.44. The average molecular weight is 790 g/mol. The van der Waals surface area contributed by atoms with Gasteiger partial charge in [-0.25, -0.2) is 14.8 Å². The third-order valence-corrected chi connectivity index (χ3v) is 12.8. The first-order chi connectivity index (χ1) is 28.0. The number of aromatic nitrogens is 4. The summed E-state index contributed by atoms with van der Waals surface area (Å²) < 4.78 is 16.8. The highest BCUT2D eigenvalue weighted by atomic mass is 16.5. The van der Waals surface area contributed by atoms with Crippen LogP contribution in [0.5, 0.6) is 5.75 Å². The second-order valence-corrected chi connectivity index (χ2v) is 17.0. The molecule has 0 saturated carbocycles. The number of ketones is 1. The summed E-state index contributed by atoms with van der Waals surface area (Å²) in [5.41, 5.74) is 5.58. The number of aldehydes is 1. The van der Waals surface area contributed by atoms with Gasteiger partial charge in [0.1, 0.15) is 35.8 Å². The van der Waals surface area contributed by atoms with Crippen molar-refractivity contribution >= 4 is 40.0 Å². The molecule has 3 unspecified atom stereocenters. The molecule has 5 heterocycles. The summed E-state index contributed by atoms with van der Waals surface area (Å²) in [7, 11) is 3.03. The van der Waals surface area contributed by atoms with Crippen molar-refractivity contribution in [2.45, 2.75) is 96.6 Å². The van der Waals surface area contributed by atoms with Gasteiger partial charge < -0.3 is 34.3 Å². The monoisotopic (exact) mass is 789 g/mol. The number of rotatable bonds is 13. The zero-order chi connectivity index (χ0) is 40.9. The Morgan fingerprint density at radius 1 is 1.10 bits per heavy atom. The SMILES string of the molecule is CC[C@H](C)C(C=O)N1C[C@@H](COC)C[C@H]1c1ncc(-c2ccc3c(c2)COc2cc4c(ccc5[nH]c(C6(C(=O)C(NC(=O)OC)C(C)C)CC[C@H](C)N6)nc54)cc2-3)[nH]1. The normalized spacial score (nSPS) is 23.3. The number of hydrogen-bond acceptors (Lipinski definition) is 10. The van der Waals surface area contributed by atoms with E-state index in [0.29, 0.717) is 31.4 Å². The summed E-state index contributed by atoms with van der Waals surface area (Å²) in [5, 5.41) is 8.24. The molecule has 4 N–H and O–H groups in total. The molecular formula is C45H55N7O6. The number of carbonyl (C=O) groups excluding carboxylic acids is 3. The third kappa shape index (κ3) is 6.96. The number of nitrogens with one attached hydrogen (secondary N) is 4. The number of nitrogens with zero attached hydrogens (tertiary/aromatic N) is 3. The van der Waals surface area contributed by atoms with Crippen molar-refractivity contribution < 1.29 is 28.6 Å². The number of benzene rings is 3. The molecule has 3 aliphatic rings. The molecule has 2 aromatic heterocycles. The Bertz CT molecular complexity index is 2350. The van der Waals surface area contributed by atoms with Crippen molar-refractivity contribution in [2.75, 3.05) is 27.4 Å². The van der Waals surface area contributed by atoms with Crippen LogP contribution >= 0.6 is 0 Å². The van der Waals surface area contributed by atoms with Crippen LogP contribution in [0.1, 0.15) is 83.6 Å². The molecule has 2 fully saturated rings. The summed E-state index contributed by atoms with van der Waals surface area (Å²) in [5.74, 6) is 2.43. The van der Waals surface area contributed by atoms with Gasteiger partial charge in [0, 0.05) is 30.6 Å². The van der Waals surface area contributed by atoms with Crippen LogP contribution < -0.4 is 15.4 Å². The lowest BCUT2D eigenvalue weighted by molar-refractivity contribution is -0.128. The van der Waals surface area contributed by atoms with E-state index in [9.17, 15) is 14.4 Å². The van der Waals surface area contributed by atoms with Gasteiger partial charge in [-0.05, 0) is 90.3 Å². The highest BCUT2D eigenvalue weighted by Gasteiger charge is 2.51. The first-order valence-electron chi connectivity index (χ1n) is 20.6. The molecule has 2 saturated heterocycles. The van der Waals surface area contributed by atoms with Crippen LogP contribution in [0.3, 0.4) is 0 Å². The number of amides is 1. The smallest absolute Gasteiger partial charge is 0.407 e. The van der Waals surface area contributed by atoms with Gasteiger partial charge in [-0.2, -0.15) is 0 Å². The second-order valence-electron chi connectivity index (χ2n) is 17.0. The summed E-state index contributed by atoms with van der Waals surface area (Å²) in [6, 6.07) is 13.9. The van der Waals surface area contributed by atoms with Gasteiger partial charge >= 0.3 is 6.09 Å². The van der Waals surface area contributed by atoms with Crippen LogP contribution in [0.15, 0.2) is 48.7 Å². The summed E-state index contributed by atoms with van der Waals surface area (Å²) in [6.07, 6.45) is 5.47. The second kappa shape index (κ2) is 15.9. The van der Waals surface area contributed by atoms with Crippen molar-refractivity contribution in [1.82, 2.24) is 35.5 Å². The number of methoxy groups -OCH3 is 2. The molecule has 0 spiro atoms. The molecule has 5 aromatic rings. The van der Waals surface area contributed by atoms with Gasteiger partial charge in [0.2, 0.25) is 0 Å². The average Bonchev–Trinajstić information content (AvgIpc) is 4.05.